The molecule has 2 aromatic rings. The molecule has 0 fully saturated rings. The summed E-state index contributed by atoms with van der Waals surface area (Å²) in [6.45, 7) is 0.177. The van der Waals surface area contributed by atoms with E-state index in [1.807, 2.05) is 6.07 Å². The highest BCUT2D eigenvalue weighted by Crippen LogP contribution is 2.38. The molecule has 0 aliphatic heterocycles. The summed E-state index contributed by atoms with van der Waals surface area (Å²) in [4.78, 5) is 12.3. The van der Waals surface area contributed by atoms with Crippen LogP contribution in [0.25, 0.3) is 6.08 Å². The van der Waals surface area contributed by atoms with Gasteiger partial charge in [-0.3, -0.25) is 4.79 Å². The maximum atomic E-state index is 12.3. The third kappa shape index (κ3) is 5.78. The fraction of sp³-hybridized carbons (Fsp3) is 0.182. The van der Waals surface area contributed by atoms with Crippen LogP contribution in [0.3, 0.4) is 0 Å². The van der Waals surface area contributed by atoms with Crippen molar-refractivity contribution < 1.29 is 24.1 Å². The van der Waals surface area contributed by atoms with Gasteiger partial charge in [-0.15, -0.1) is 0 Å². The van der Waals surface area contributed by atoms with Gasteiger partial charge in [0.2, 0.25) is 5.75 Å². The van der Waals surface area contributed by atoms with Crippen LogP contribution in [0, 0.1) is 11.3 Å². The normalized spacial score (nSPS) is 11.0. The molecule has 7 heteroatoms. The number of allylic oxidation sites excluding steroid dienone is 2. The highest BCUT2D eigenvalue weighted by atomic mass is 16.5. The molecule has 0 aromatic heterocycles. The van der Waals surface area contributed by atoms with Crippen LogP contribution < -0.4 is 19.5 Å². The SMILES string of the molecule is COc1cc(CNC(=O)/C(C#N)=C/C=C/c2ccc(O)cc2)cc(OC)c1OC. The summed E-state index contributed by atoms with van der Waals surface area (Å²) in [6.07, 6.45) is 4.75. The van der Waals surface area contributed by atoms with E-state index in [-0.39, 0.29) is 17.9 Å². The summed E-state index contributed by atoms with van der Waals surface area (Å²) < 4.78 is 15.9. The van der Waals surface area contributed by atoms with Gasteiger partial charge in [0, 0.05) is 6.54 Å². The fourth-order valence-electron chi connectivity index (χ4n) is 2.52. The quantitative estimate of drug-likeness (QED) is 0.405. The molecular weight excluding hydrogens is 372 g/mol. The second kappa shape index (κ2) is 10.4. The maximum Gasteiger partial charge on any atom is 0.262 e. The molecule has 0 bridgehead atoms. The number of carbonyl (C=O) groups excluding carboxylic acids is 1. The minimum Gasteiger partial charge on any atom is -0.508 e. The molecule has 0 radical (unpaired) electrons. The Kier molecular flexibility index (Phi) is 7.68. The minimum atomic E-state index is -0.503. The topological polar surface area (TPSA) is 101 Å². The number of benzene rings is 2. The van der Waals surface area contributed by atoms with Gasteiger partial charge in [-0.25, -0.2) is 0 Å². The predicted octanol–water partition coefficient (Wildman–Crippen LogP) is 3.20. The highest BCUT2D eigenvalue weighted by molar-refractivity contribution is 5.97. The lowest BCUT2D eigenvalue weighted by Gasteiger charge is -2.14. The first-order chi connectivity index (χ1) is 14.0. The van der Waals surface area contributed by atoms with Gasteiger partial charge in [-0.05, 0) is 41.5 Å². The molecule has 0 atom stereocenters. The first-order valence-corrected chi connectivity index (χ1v) is 8.67. The molecular formula is C22H22N2O5. The molecule has 0 heterocycles. The van der Waals surface area contributed by atoms with Crippen molar-refractivity contribution in [2.75, 3.05) is 21.3 Å². The summed E-state index contributed by atoms with van der Waals surface area (Å²) in [6, 6.07) is 11.9. The number of carbonyl (C=O) groups is 1. The molecule has 2 rings (SSSR count). The lowest BCUT2D eigenvalue weighted by atomic mass is 10.1. The summed E-state index contributed by atoms with van der Waals surface area (Å²) in [5.74, 6) is 1.08. The van der Waals surface area contributed by atoms with Gasteiger partial charge >= 0.3 is 0 Å². The van der Waals surface area contributed by atoms with Gasteiger partial charge in [0.1, 0.15) is 17.4 Å². The number of amides is 1. The van der Waals surface area contributed by atoms with Crippen LogP contribution in [-0.4, -0.2) is 32.3 Å². The molecule has 0 saturated carbocycles. The van der Waals surface area contributed by atoms with Crippen molar-refractivity contribution in [1.82, 2.24) is 5.32 Å². The average molecular weight is 394 g/mol. The number of ether oxygens (including phenoxy) is 3. The fourth-order valence-corrected chi connectivity index (χ4v) is 2.52. The van der Waals surface area contributed by atoms with E-state index < -0.39 is 5.91 Å². The Morgan fingerprint density at radius 2 is 1.72 bits per heavy atom. The van der Waals surface area contributed by atoms with Crippen LogP contribution in [0.15, 0.2) is 54.1 Å². The van der Waals surface area contributed by atoms with Crippen molar-refractivity contribution in [3.8, 4) is 29.1 Å². The minimum absolute atomic E-state index is 0.0347. The van der Waals surface area contributed by atoms with Gasteiger partial charge in [0.25, 0.3) is 5.91 Å². The Morgan fingerprint density at radius 1 is 1.10 bits per heavy atom. The monoisotopic (exact) mass is 394 g/mol. The number of hydrogen-bond acceptors (Lipinski definition) is 6. The Hall–Kier alpha value is -3.92. The van der Waals surface area contributed by atoms with E-state index in [1.54, 1.807) is 48.6 Å². The van der Waals surface area contributed by atoms with Crippen molar-refractivity contribution in [1.29, 1.82) is 5.26 Å². The third-order valence-corrected chi connectivity index (χ3v) is 3.99. The molecule has 150 valence electrons. The number of rotatable bonds is 8. The number of phenols is 1. The molecule has 7 nitrogen and oxygen atoms in total. The van der Waals surface area contributed by atoms with Gasteiger partial charge in [0.05, 0.1) is 21.3 Å². The summed E-state index contributed by atoms with van der Waals surface area (Å²) in [5.41, 5.74) is 1.52. The van der Waals surface area contributed by atoms with E-state index in [9.17, 15) is 15.2 Å². The Labute approximate surface area is 169 Å². The van der Waals surface area contributed by atoms with Crippen molar-refractivity contribution in [2.45, 2.75) is 6.54 Å². The Morgan fingerprint density at radius 3 is 2.24 bits per heavy atom. The molecule has 0 saturated heterocycles. The van der Waals surface area contributed by atoms with Crippen LogP contribution in [0.2, 0.25) is 0 Å². The van der Waals surface area contributed by atoms with Crippen LogP contribution in [0.1, 0.15) is 11.1 Å². The van der Waals surface area contributed by atoms with Crippen LogP contribution in [-0.2, 0) is 11.3 Å². The second-order valence-corrected chi connectivity index (χ2v) is 5.86. The van der Waals surface area contributed by atoms with Gasteiger partial charge in [0.15, 0.2) is 11.5 Å². The van der Waals surface area contributed by atoms with E-state index >= 15 is 0 Å². The molecule has 29 heavy (non-hydrogen) atoms. The molecule has 0 unspecified atom stereocenters. The van der Waals surface area contributed by atoms with Gasteiger partial charge < -0.3 is 24.6 Å². The third-order valence-electron chi connectivity index (χ3n) is 3.99. The van der Waals surface area contributed by atoms with E-state index in [0.29, 0.717) is 17.2 Å². The maximum absolute atomic E-state index is 12.3. The molecule has 1 amide bonds. The Balaban J connectivity index is 2.08. The second-order valence-electron chi connectivity index (χ2n) is 5.86. The average Bonchev–Trinajstić information content (AvgIpc) is 2.75. The zero-order valence-electron chi connectivity index (χ0n) is 16.4. The van der Waals surface area contributed by atoms with Crippen molar-refractivity contribution in [3.05, 3.63) is 65.3 Å². The van der Waals surface area contributed by atoms with Gasteiger partial charge in [-0.2, -0.15) is 5.26 Å². The van der Waals surface area contributed by atoms with Gasteiger partial charge in [-0.1, -0.05) is 24.3 Å². The van der Waals surface area contributed by atoms with E-state index in [2.05, 4.69) is 5.32 Å². The van der Waals surface area contributed by atoms with E-state index in [4.69, 9.17) is 14.2 Å². The van der Waals surface area contributed by atoms with Crippen LogP contribution >= 0.6 is 0 Å². The first-order valence-electron chi connectivity index (χ1n) is 8.67. The zero-order chi connectivity index (χ0) is 21.2. The summed E-state index contributed by atoms with van der Waals surface area (Å²) in [7, 11) is 4.53. The van der Waals surface area contributed by atoms with E-state index in [1.165, 1.54) is 27.4 Å². The number of nitrogens with one attached hydrogen (secondary N) is 1. The molecule has 2 aromatic carbocycles. The van der Waals surface area contributed by atoms with Crippen molar-refractivity contribution >= 4 is 12.0 Å². The summed E-state index contributed by atoms with van der Waals surface area (Å²) >= 11 is 0. The first kappa shape index (κ1) is 21.4. The molecule has 0 spiro atoms. The van der Waals surface area contributed by atoms with Crippen molar-refractivity contribution in [3.63, 3.8) is 0 Å². The van der Waals surface area contributed by atoms with E-state index in [0.717, 1.165) is 11.1 Å². The highest BCUT2D eigenvalue weighted by Gasteiger charge is 2.14. The van der Waals surface area contributed by atoms with Crippen molar-refractivity contribution in [2.24, 2.45) is 0 Å². The number of phenolic OH excluding ortho intramolecular Hbond substituents is 1. The summed E-state index contributed by atoms with van der Waals surface area (Å²) in [5, 5.41) is 21.2. The van der Waals surface area contributed by atoms with Crippen LogP contribution in [0.4, 0.5) is 0 Å². The number of hydrogen-bond donors (Lipinski definition) is 2. The molecule has 2 N–H and O–H groups in total. The number of nitriles is 1. The lowest BCUT2D eigenvalue weighted by molar-refractivity contribution is -0.117. The standard InChI is InChI=1S/C22H22N2O5/c1-27-19-11-16(12-20(28-2)21(19)29-3)14-24-22(26)17(13-23)6-4-5-15-7-9-18(25)10-8-15/h4-12,25H,14H2,1-3H3,(H,24,26)/b5-4+,17-6+. The predicted molar refractivity (Wildman–Crippen MR) is 109 cm³/mol. The van der Waals surface area contributed by atoms with Crippen LogP contribution in [0.5, 0.6) is 23.0 Å². The molecule has 0 aliphatic carbocycles. The number of aromatic hydroxyl groups is 1. The molecule has 0 aliphatic rings. The Bertz CT molecular complexity index is 931. The smallest absolute Gasteiger partial charge is 0.262 e. The largest absolute Gasteiger partial charge is 0.508 e. The number of methoxy groups -OCH3 is 3. The zero-order valence-corrected chi connectivity index (χ0v) is 16.4. The number of nitrogens with zero attached hydrogens (tertiary/aromatic N) is 1. The lowest BCUT2D eigenvalue weighted by Crippen LogP contribution is -2.24.